The Morgan fingerprint density at radius 2 is 1.97 bits per heavy atom. The van der Waals surface area contributed by atoms with Crippen LogP contribution in [0.15, 0.2) is 48.5 Å². The topological polar surface area (TPSA) is 76.4 Å². The summed E-state index contributed by atoms with van der Waals surface area (Å²) in [7, 11) is 0. The highest BCUT2D eigenvalue weighted by Gasteiger charge is 2.21. The number of halogens is 2. The Hall–Kier alpha value is -2.90. The maximum atomic E-state index is 13.1. The number of nitrogens with zero attached hydrogens (tertiary/aromatic N) is 2. The summed E-state index contributed by atoms with van der Waals surface area (Å²) in [6.45, 7) is 5.84. The molecule has 6 nitrogen and oxygen atoms in total. The number of nitrogens with one attached hydrogen (secondary N) is 1. The molecular weight excluding hydrogens is 421 g/mol. The molecule has 0 fully saturated rings. The highest BCUT2D eigenvalue weighted by atomic mass is 35.5. The van der Waals surface area contributed by atoms with Gasteiger partial charge in [0, 0.05) is 6.54 Å². The predicted molar refractivity (Wildman–Crippen MR) is 117 cm³/mol. The van der Waals surface area contributed by atoms with Crippen LogP contribution < -0.4 is 10.1 Å². The van der Waals surface area contributed by atoms with Gasteiger partial charge in [-0.25, -0.2) is 9.07 Å². The van der Waals surface area contributed by atoms with E-state index in [2.05, 4.69) is 10.4 Å². The molecule has 0 saturated carbocycles. The van der Waals surface area contributed by atoms with Crippen LogP contribution in [0.2, 0.25) is 5.15 Å². The predicted octanol–water partition coefficient (Wildman–Crippen LogP) is 4.28. The molecule has 0 aliphatic heterocycles. The average molecular weight is 446 g/mol. The Bertz CT molecular complexity index is 1050. The molecule has 1 atom stereocenters. The molecule has 0 radical (unpaired) electrons. The van der Waals surface area contributed by atoms with Gasteiger partial charge in [0.2, 0.25) is 0 Å². The monoisotopic (exact) mass is 445 g/mol. The van der Waals surface area contributed by atoms with E-state index < -0.39 is 12.0 Å². The first-order chi connectivity index (χ1) is 14.7. The summed E-state index contributed by atoms with van der Waals surface area (Å²) < 4.78 is 20.2. The average Bonchev–Trinajstić information content (AvgIpc) is 3.00. The van der Waals surface area contributed by atoms with Gasteiger partial charge in [-0.3, -0.25) is 4.79 Å². The summed E-state index contributed by atoms with van der Waals surface area (Å²) in [5.74, 6) is -0.105. The SMILES string of the molecule is Cc1nn(Cc2ccc(F)cc2)c(Cl)c1C(=O)NCC(O)c1cccc(OC(C)C)c1. The van der Waals surface area contributed by atoms with Gasteiger partial charge < -0.3 is 15.2 Å². The van der Waals surface area contributed by atoms with Gasteiger partial charge in [0.1, 0.15) is 16.7 Å². The standard InChI is InChI=1S/C23H25ClFN3O3/c1-14(2)31-19-6-4-5-17(11-19)20(29)12-26-23(30)21-15(3)27-28(22(21)24)13-16-7-9-18(25)10-8-16/h4-11,14,20,29H,12-13H2,1-3H3,(H,26,30). The Morgan fingerprint density at radius 3 is 2.65 bits per heavy atom. The van der Waals surface area contributed by atoms with Crippen LogP contribution in [0.25, 0.3) is 0 Å². The molecule has 1 amide bonds. The zero-order chi connectivity index (χ0) is 22.5. The van der Waals surface area contributed by atoms with Crippen molar-refractivity contribution in [1.82, 2.24) is 15.1 Å². The van der Waals surface area contributed by atoms with E-state index in [0.29, 0.717) is 23.6 Å². The minimum Gasteiger partial charge on any atom is -0.491 e. The molecule has 0 aliphatic rings. The van der Waals surface area contributed by atoms with Gasteiger partial charge in [-0.2, -0.15) is 5.10 Å². The van der Waals surface area contributed by atoms with Gasteiger partial charge in [0.15, 0.2) is 0 Å². The van der Waals surface area contributed by atoms with Gasteiger partial charge in [0.25, 0.3) is 5.91 Å². The number of ether oxygens (including phenoxy) is 1. The molecule has 2 N–H and O–H groups in total. The molecule has 3 aromatic rings. The Balaban J connectivity index is 1.66. The molecular formula is C23H25ClFN3O3. The zero-order valence-electron chi connectivity index (χ0n) is 17.6. The van der Waals surface area contributed by atoms with Crippen molar-refractivity contribution in [3.8, 4) is 5.75 Å². The Kier molecular flexibility index (Phi) is 7.30. The van der Waals surface area contributed by atoms with Crippen LogP contribution in [-0.2, 0) is 6.54 Å². The van der Waals surface area contributed by atoms with Gasteiger partial charge in [-0.15, -0.1) is 0 Å². The van der Waals surface area contributed by atoms with Crippen molar-refractivity contribution < 1.29 is 19.0 Å². The van der Waals surface area contributed by atoms with Crippen LogP contribution >= 0.6 is 11.6 Å². The fourth-order valence-corrected chi connectivity index (χ4v) is 3.46. The van der Waals surface area contributed by atoms with Crippen molar-refractivity contribution in [1.29, 1.82) is 0 Å². The molecule has 0 spiro atoms. The van der Waals surface area contributed by atoms with E-state index in [0.717, 1.165) is 5.56 Å². The second kappa shape index (κ2) is 9.94. The number of hydrogen-bond acceptors (Lipinski definition) is 4. The van der Waals surface area contributed by atoms with Crippen molar-refractivity contribution in [2.45, 2.75) is 39.5 Å². The number of aliphatic hydroxyl groups is 1. The lowest BCUT2D eigenvalue weighted by Crippen LogP contribution is -2.29. The lowest BCUT2D eigenvalue weighted by molar-refractivity contribution is 0.0915. The molecule has 1 heterocycles. The number of carbonyl (C=O) groups is 1. The molecule has 2 aromatic carbocycles. The van der Waals surface area contributed by atoms with Crippen LogP contribution in [-0.4, -0.2) is 33.4 Å². The summed E-state index contributed by atoms with van der Waals surface area (Å²) in [5, 5.41) is 17.7. The number of carbonyl (C=O) groups excluding carboxylic acids is 1. The van der Waals surface area contributed by atoms with E-state index in [9.17, 15) is 14.3 Å². The van der Waals surface area contributed by atoms with Crippen molar-refractivity contribution in [2.24, 2.45) is 0 Å². The number of rotatable bonds is 8. The fraction of sp³-hybridized carbons (Fsp3) is 0.304. The first kappa shape index (κ1) is 22.8. The minimum atomic E-state index is -0.909. The van der Waals surface area contributed by atoms with E-state index in [-0.39, 0.29) is 29.2 Å². The molecule has 31 heavy (non-hydrogen) atoms. The summed E-state index contributed by atoms with van der Waals surface area (Å²) in [6.07, 6.45) is -0.892. The molecule has 1 aromatic heterocycles. The minimum absolute atomic E-state index is 0.00285. The first-order valence-corrected chi connectivity index (χ1v) is 10.3. The molecule has 3 rings (SSSR count). The molecule has 8 heteroatoms. The van der Waals surface area contributed by atoms with Crippen molar-refractivity contribution in [3.05, 3.63) is 81.9 Å². The molecule has 164 valence electrons. The molecule has 0 saturated heterocycles. The van der Waals surface area contributed by atoms with E-state index in [1.54, 1.807) is 37.3 Å². The number of amides is 1. The highest BCUT2D eigenvalue weighted by Crippen LogP contribution is 2.23. The maximum absolute atomic E-state index is 13.1. The summed E-state index contributed by atoms with van der Waals surface area (Å²) in [6, 6.07) is 13.1. The Morgan fingerprint density at radius 1 is 1.26 bits per heavy atom. The van der Waals surface area contributed by atoms with Gasteiger partial charge in [0.05, 0.1) is 30.0 Å². The van der Waals surface area contributed by atoms with Crippen LogP contribution in [0.3, 0.4) is 0 Å². The zero-order valence-corrected chi connectivity index (χ0v) is 18.4. The smallest absolute Gasteiger partial charge is 0.256 e. The lowest BCUT2D eigenvalue weighted by Gasteiger charge is -2.15. The normalized spacial score (nSPS) is 12.1. The number of aryl methyl sites for hydroxylation is 1. The number of aromatic nitrogens is 2. The van der Waals surface area contributed by atoms with Crippen LogP contribution in [0, 0.1) is 12.7 Å². The van der Waals surface area contributed by atoms with Crippen LogP contribution in [0.1, 0.15) is 47.1 Å². The third-order valence-electron chi connectivity index (χ3n) is 4.61. The van der Waals surface area contributed by atoms with Gasteiger partial charge >= 0.3 is 0 Å². The molecule has 1 unspecified atom stereocenters. The molecule has 0 aliphatic carbocycles. The van der Waals surface area contributed by atoms with Gasteiger partial charge in [-0.1, -0.05) is 35.9 Å². The summed E-state index contributed by atoms with van der Waals surface area (Å²) >= 11 is 6.39. The highest BCUT2D eigenvalue weighted by molar-refractivity contribution is 6.33. The quantitative estimate of drug-likeness (QED) is 0.542. The second-order valence-electron chi connectivity index (χ2n) is 7.50. The van der Waals surface area contributed by atoms with Gasteiger partial charge in [-0.05, 0) is 56.2 Å². The third-order valence-corrected chi connectivity index (χ3v) is 4.99. The van der Waals surface area contributed by atoms with Crippen LogP contribution in [0.4, 0.5) is 4.39 Å². The lowest BCUT2D eigenvalue weighted by atomic mass is 10.1. The van der Waals surface area contributed by atoms with E-state index in [1.165, 1.54) is 16.8 Å². The number of aliphatic hydroxyl groups excluding tert-OH is 1. The second-order valence-corrected chi connectivity index (χ2v) is 7.86. The van der Waals surface area contributed by atoms with Crippen molar-refractivity contribution >= 4 is 17.5 Å². The number of benzene rings is 2. The first-order valence-electron chi connectivity index (χ1n) is 9.95. The Labute approximate surface area is 185 Å². The largest absolute Gasteiger partial charge is 0.491 e. The maximum Gasteiger partial charge on any atom is 0.256 e. The van der Waals surface area contributed by atoms with E-state index in [4.69, 9.17) is 16.3 Å². The molecule has 0 bridgehead atoms. The van der Waals surface area contributed by atoms with Crippen molar-refractivity contribution in [3.63, 3.8) is 0 Å². The van der Waals surface area contributed by atoms with Crippen LogP contribution in [0.5, 0.6) is 5.75 Å². The summed E-state index contributed by atoms with van der Waals surface area (Å²) in [5.41, 5.74) is 2.14. The third kappa shape index (κ3) is 5.83. The van der Waals surface area contributed by atoms with E-state index >= 15 is 0 Å². The fourth-order valence-electron chi connectivity index (χ4n) is 3.14. The summed E-state index contributed by atoms with van der Waals surface area (Å²) in [4.78, 5) is 12.7. The number of hydrogen-bond donors (Lipinski definition) is 2. The van der Waals surface area contributed by atoms with Crippen molar-refractivity contribution in [2.75, 3.05) is 6.54 Å². The van der Waals surface area contributed by atoms with E-state index in [1.807, 2.05) is 19.9 Å².